The summed E-state index contributed by atoms with van der Waals surface area (Å²) in [6.07, 6.45) is 1.04. The largest absolute Gasteiger partial charge is 0.481 e. The van der Waals surface area contributed by atoms with Gasteiger partial charge in [0.25, 0.3) is 11.6 Å². The van der Waals surface area contributed by atoms with Crippen molar-refractivity contribution in [1.82, 2.24) is 5.32 Å². The SMILES string of the molecule is O=C(NCC1(C(=O)O)CC1)c1ccc(NCc2ccccc2)c([N+](=O)[O-])c1. The van der Waals surface area contributed by atoms with Gasteiger partial charge in [-0.3, -0.25) is 19.7 Å². The maximum Gasteiger partial charge on any atom is 0.311 e. The molecule has 8 nitrogen and oxygen atoms in total. The maximum atomic E-state index is 12.3. The van der Waals surface area contributed by atoms with Crippen LogP contribution >= 0.6 is 0 Å². The Morgan fingerprint density at radius 3 is 2.44 bits per heavy atom. The molecule has 1 aliphatic rings. The van der Waals surface area contributed by atoms with Gasteiger partial charge in [0.15, 0.2) is 0 Å². The molecular weight excluding hydrogens is 350 g/mol. The molecule has 0 radical (unpaired) electrons. The van der Waals surface area contributed by atoms with Crippen LogP contribution in [-0.4, -0.2) is 28.5 Å². The lowest BCUT2D eigenvalue weighted by atomic mass is 10.1. The number of anilines is 1. The Morgan fingerprint density at radius 2 is 1.85 bits per heavy atom. The fraction of sp³-hybridized carbons (Fsp3) is 0.263. The number of hydrogen-bond acceptors (Lipinski definition) is 5. The van der Waals surface area contributed by atoms with Crippen LogP contribution in [0, 0.1) is 15.5 Å². The standard InChI is InChI=1S/C19H19N3O5/c23-17(21-12-19(8-9-19)18(24)25)14-6-7-15(16(10-14)22(26)27)20-11-13-4-2-1-3-5-13/h1-7,10,20H,8-9,11-12H2,(H,21,23)(H,24,25). The van der Waals surface area contributed by atoms with E-state index in [4.69, 9.17) is 5.11 Å². The molecule has 0 heterocycles. The fourth-order valence-corrected chi connectivity index (χ4v) is 2.74. The zero-order chi connectivity index (χ0) is 19.4. The molecule has 27 heavy (non-hydrogen) atoms. The Balaban J connectivity index is 1.70. The predicted octanol–water partition coefficient (Wildman–Crippen LogP) is 2.80. The van der Waals surface area contributed by atoms with Crippen LogP contribution in [0.1, 0.15) is 28.8 Å². The van der Waals surface area contributed by atoms with Crippen LogP contribution in [0.4, 0.5) is 11.4 Å². The number of rotatable bonds is 8. The summed E-state index contributed by atoms with van der Waals surface area (Å²) in [5, 5.41) is 26.1. The molecule has 0 spiro atoms. The van der Waals surface area contributed by atoms with Gasteiger partial charge in [-0.15, -0.1) is 0 Å². The van der Waals surface area contributed by atoms with E-state index in [0.717, 1.165) is 5.56 Å². The molecule has 140 valence electrons. The number of hydrogen-bond donors (Lipinski definition) is 3. The van der Waals surface area contributed by atoms with Crippen molar-refractivity contribution in [3.8, 4) is 0 Å². The Bertz CT molecular complexity index is 878. The van der Waals surface area contributed by atoms with Crippen molar-refractivity contribution in [2.45, 2.75) is 19.4 Å². The van der Waals surface area contributed by atoms with E-state index in [1.807, 2.05) is 30.3 Å². The van der Waals surface area contributed by atoms with E-state index < -0.39 is 22.2 Å². The molecule has 1 aliphatic carbocycles. The molecule has 0 saturated heterocycles. The lowest BCUT2D eigenvalue weighted by Crippen LogP contribution is -2.34. The van der Waals surface area contributed by atoms with Crippen LogP contribution in [-0.2, 0) is 11.3 Å². The highest BCUT2D eigenvalue weighted by atomic mass is 16.6. The molecule has 8 heteroatoms. The molecule has 0 unspecified atom stereocenters. The first-order valence-electron chi connectivity index (χ1n) is 8.49. The Labute approximate surface area is 155 Å². The summed E-state index contributed by atoms with van der Waals surface area (Å²) in [5.74, 6) is -1.46. The summed E-state index contributed by atoms with van der Waals surface area (Å²) >= 11 is 0. The van der Waals surface area contributed by atoms with Crippen molar-refractivity contribution in [3.63, 3.8) is 0 Å². The van der Waals surface area contributed by atoms with Crippen molar-refractivity contribution in [2.75, 3.05) is 11.9 Å². The lowest BCUT2D eigenvalue weighted by molar-refractivity contribution is -0.384. The van der Waals surface area contributed by atoms with Gasteiger partial charge in [-0.1, -0.05) is 30.3 Å². The van der Waals surface area contributed by atoms with E-state index in [9.17, 15) is 19.7 Å². The Hall–Kier alpha value is -3.42. The first kappa shape index (κ1) is 18.4. The Morgan fingerprint density at radius 1 is 1.15 bits per heavy atom. The van der Waals surface area contributed by atoms with Gasteiger partial charge >= 0.3 is 5.97 Å². The molecule has 3 N–H and O–H groups in total. The van der Waals surface area contributed by atoms with Crippen LogP contribution < -0.4 is 10.6 Å². The number of carbonyl (C=O) groups excluding carboxylic acids is 1. The first-order chi connectivity index (χ1) is 12.9. The summed E-state index contributed by atoms with van der Waals surface area (Å²) in [5.41, 5.74) is 0.298. The molecular formula is C19H19N3O5. The van der Waals surface area contributed by atoms with Crippen LogP contribution in [0.15, 0.2) is 48.5 Å². The van der Waals surface area contributed by atoms with Gasteiger partial charge in [-0.05, 0) is 30.5 Å². The van der Waals surface area contributed by atoms with Crippen molar-refractivity contribution in [2.24, 2.45) is 5.41 Å². The third-order valence-corrected chi connectivity index (χ3v) is 4.68. The van der Waals surface area contributed by atoms with E-state index in [2.05, 4.69) is 10.6 Å². The number of nitro groups is 1. The highest BCUT2D eigenvalue weighted by Crippen LogP contribution is 2.45. The number of nitrogens with zero attached hydrogens (tertiary/aromatic N) is 1. The molecule has 0 aromatic heterocycles. The third kappa shape index (κ3) is 4.22. The van der Waals surface area contributed by atoms with E-state index in [-0.39, 0.29) is 17.8 Å². The third-order valence-electron chi connectivity index (χ3n) is 4.68. The molecule has 1 saturated carbocycles. The minimum Gasteiger partial charge on any atom is -0.481 e. The molecule has 2 aromatic rings. The first-order valence-corrected chi connectivity index (χ1v) is 8.49. The number of carboxylic acids is 1. The number of benzene rings is 2. The zero-order valence-corrected chi connectivity index (χ0v) is 14.5. The Kier molecular flexibility index (Phi) is 5.07. The average molecular weight is 369 g/mol. The van der Waals surface area contributed by atoms with E-state index >= 15 is 0 Å². The average Bonchev–Trinajstić information content (AvgIpc) is 3.46. The van der Waals surface area contributed by atoms with E-state index in [1.54, 1.807) is 0 Å². The zero-order valence-electron chi connectivity index (χ0n) is 14.5. The molecule has 1 amide bonds. The number of aliphatic carboxylic acids is 1. The number of nitrogens with one attached hydrogen (secondary N) is 2. The number of amides is 1. The quantitative estimate of drug-likeness (QED) is 0.486. The van der Waals surface area contributed by atoms with Gasteiger partial charge < -0.3 is 15.7 Å². The van der Waals surface area contributed by atoms with Crippen molar-refractivity contribution in [1.29, 1.82) is 0 Å². The van der Waals surface area contributed by atoms with E-state index in [1.165, 1.54) is 18.2 Å². The predicted molar refractivity (Wildman–Crippen MR) is 98.5 cm³/mol. The number of carboxylic acid groups (broad SMARTS) is 1. The summed E-state index contributed by atoms with van der Waals surface area (Å²) in [7, 11) is 0. The molecule has 3 rings (SSSR count). The van der Waals surface area contributed by atoms with Gasteiger partial charge in [0, 0.05) is 24.7 Å². The minimum absolute atomic E-state index is 0.0168. The second-order valence-corrected chi connectivity index (χ2v) is 6.60. The van der Waals surface area contributed by atoms with Crippen molar-refractivity contribution in [3.05, 3.63) is 69.8 Å². The smallest absolute Gasteiger partial charge is 0.311 e. The topological polar surface area (TPSA) is 122 Å². The monoisotopic (exact) mass is 369 g/mol. The van der Waals surface area contributed by atoms with Crippen LogP contribution in [0.3, 0.4) is 0 Å². The van der Waals surface area contributed by atoms with Gasteiger partial charge in [-0.2, -0.15) is 0 Å². The molecule has 0 aliphatic heterocycles. The van der Waals surface area contributed by atoms with E-state index in [0.29, 0.717) is 25.1 Å². The molecule has 1 fully saturated rings. The molecule has 0 bridgehead atoms. The highest BCUT2D eigenvalue weighted by Gasteiger charge is 2.50. The molecule has 2 aromatic carbocycles. The van der Waals surface area contributed by atoms with Crippen LogP contribution in [0.25, 0.3) is 0 Å². The van der Waals surface area contributed by atoms with Gasteiger partial charge in [-0.25, -0.2) is 0 Å². The van der Waals surface area contributed by atoms with Crippen LogP contribution in [0.5, 0.6) is 0 Å². The molecule has 0 atom stereocenters. The number of carbonyl (C=O) groups is 2. The van der Waals surface area contributed by atoms with Crippen LogP contribution in [0.2, 0.25) is 0 Å². The van der Waals surface area contributed by atoms with Gasteiger partial charge in [0.05, 0.1) is 10.3 Å². The van der Waals surface area contributed by atoms with Gasteiger partial charge in [0.2, 0.25) is 0 Å². The minimum atomic E-state index is -0.936. The fourth-order valence-electron chi connectivity index (χ4n) is 2.74. The summed E-state index contributed by atoms with van der Waals surface area (Å²) < 4.78 is 0. The second kappa shape index (κ2) is 7.45. The summed E-state index contributed by atoms with van der Waals surface area (Å²) in [6.45, 7) is 0.428. The highest BCUT2D eigenvalue weighted by molar-refractivity contribution is 5.96. The second-order valence-electron chi connectivity index (χ2n) is 6.60. The van der Waals surface area contributed by atoms with Gasteiger partial charge in [0.1, 0.15) is 5.69 Å². The van der Waals surface area contributed by atoms with Crippen molar-refractivity contribution >= 4 is 23.3 Å². The maximum absolute atomic E-state index is 12.3. The summed E-state index contributed by atoms with van der Waals surface area (Å²) in [4.78, 5) is 34.2. The lowest BCUT2D eigenvalue weighted by Gasteiger charge is -2.12. The summed E-state index contributed by atoms with van der Waals surface area (Å²) in [6, 6.07) is 13.6. The van der Waals surface area contributed by atoms with Crippen molar-refractivity contribution < 1.29 is 19.6 Å². The normalized spacial score (nSPS) is 14.2. The number of nitro benzene ring substituents is 1.